The first-order valence-electron chi connectivity index (χ1n) is 5.72. The fourth-order valence-corrected chi connectivity index (χ4v) is 3.04. The smallest absolute Gasteiger partial charge is 0.107 e. The van der Waals surface area contributed by atoms with Gasteiger partial charge in [-0.1, -0.05) is 0 Å². The molecule has 0 bridgehead atoms. The van der Waals surface area contributed by atoms with Crippen molar-refractivity contribution in [3.63, 3.8) is 0 Å². The molecule has 16 heavy (non-hydrogen) atoms. The highest BCUT2D eigenvalue weighted by atomic mass is 32.1. The molecule has 0 atom stereocenters. The van der Waals surface area contributed by atoms with Gasteiger partial charge in [-0.05, 0) is 25.9 Å². The van der Waals surface area contributed by atoms with Crippen LogP contribution in [0.4, 0.5) is 0 Å². The lowest BCUT2D eigenvalue weighted by Gasteiger charge is -2.11. The van der Waals surface area contributed by atoms with Gasteiger partial charge in [-0.2, -0.15) is 0 Å². The summed E-state index contributed by atoms with van der Waals surface area (Å²) in [5.41, 5.74) is 6.72. The second-order valence-electron chi connectivity index (χ2n) is 4.10. The summed E-state index contributed by atoms with van der Waals surface area (Å²) < 4.78 is 5.13. The van der Waals surface area contributed by atoms with Gasteiger partial charge < -0.3 is 10.5 Å². The third kappa shape index (κ3) is 2.79. The summed E-state index contributed by atoms with van der Waals surface area (Å²) in [5, 5.41) is 1.18. The fourth-order valence-electron chi connectivity index (χ4n) is 2.05. The molecule has 2 rings (SSSR count). The molecular weight excluding hydrogens is 222 g/mol. The number of nitrogens with zero attached hydrogens (tertiary/aromatic N) is 2. The Morgan fingerprint density at radius 3 is 2.81 bits per heavy atom. The molecule has 1 fully saturated rings. The highest BCUT2D eigenvalue weighted by Crippen LogP contribution is 2.21. The maximum Gasteiger partial charge on any atom is 0.107 e. The van der Waals surface area contributed by atoms with E-state index in [1.807, 2.05) is 0 Å². The summed E-state index contributed by atoms with van der Waals surface area (Å²) in [6, 6.07) is 0. The molecule has 0 saturated carbocycles. The minimum atomic E-state index is 0.566. The molecular formula is C11H19N3OS. The van der Waals surface area contributed by atoms with E-state index < -0.39 is 0 Å². The molecule has 1 aromatic rings. The van der Waals surface area contributed by atoms with Crippen LogP contribution in [0.15, 0.2) is 0 Å². The van der Waals surface area contributed by atoms with Crippen molar-refractivity contribution in [2.24, 2.45) is 5.73 Å². The quantitative estimate of drug-likeness (QED) is 0.845. The second kappa shape index (κ2) is 5.72. The van der Waals surface area contributed by atoms with Crippen LogP contribution < -0.4 is 5.73 Å². The van der Waals surface area contributed by atoms with E-state index in [2.05, 4.69) is 9.88 Å². The third-order valence-electron chi connectivity index (χ3n) is 2.85. The average molecular weight is 241 g/mol. The van der Waals surface area contributed by atoms with Gasteiger partial charge in [0.2, 0.25) is 0 Å². The fraction of sp³-hybridized carbons (Fsp3) is 0.727. The Kier molecular flexibility index (Phi) is 4.29. The zero-order valence-electron chi connectivity index (χ0n) is 9.74. The molecule has 1 aromatic heterocycles. The Balaban J connectivity index is 2.02. The normalized spacial score (nSPS) is 17.1. The second-order valence-corrected chi connectivity index (χ2v) is 5.27. The Labute approximate surface area is 100 Å². The first-order chi connectivity index (χ1) is 7.83. The summed E-state index contributed by atoms with van der Waals surface area (Å²) in [4.78, 5) is 8.22. The van der Waals surface area contributed by atoms with E-state index in [1.165, 1.54) is 30.9 Å². The van der Waals surface area contributed by atoms with Gasteiger partial charge in [0.05, 0.1) is 18.8 Å². The standard InChI is InChI=1S/C11H19N3OS/c1-15-8-9-10(6-12)16-11(13-9)7-14-4-2-3-5-14/h2-8,12H2,1H3. The lowest BCUT2D eigenvalue weighted by molar-refractivity contribution is 0.181. The molecule has 0 amide bonds. The Bertz CT molecular complexity index is 334. The number of thiazole rings is 1. The average Bonchev–Trinajstić information content (AvgIpc) is 2.89. The zero-order chi connectivity index (χ0) is 11.4. The van der Waals surface area contributed by atoms with Crippen LogP contribution in [-0.4, -0.2) is 30.1 Å². The van der Waals surface area contributed by atoms with Crippen molar-refractivity contribution in [3.05, 3.63) is 15.6 Å². The van der Waals surface area contributed by atoms with Crippen LogP contribution in [0.2, 0.25) is 0 Å². The van der Waals surface area contributed by atoms with E-state index >= 15 is 0 Å². The topological polar surface area (TPSA) is 51.4 Å². The van der Waals surface area contributed by atoms with E-state index in [1.54, 1.807) is 18.4 Å². The van der Waals surface area contributed by atoms with Crippen LogP contribution in [-0.2, 0) is 24.4 Å². The van der Waals surface area contributed by atoms with E-state index in [0.717, 1.165) is 17.1 Å². The highest BCUT2D eigenvalue weighted by Gasteiger charge is 2.15. The SMILES string of the molecule is COCc1nc(CN2CCCC2)sc1CN. The van der Waals surface area contributed by atoms with Gasteiger partial charge in [0.1, 0.15) is 5.01 Å². The maximum atomic E-state index is 5.70. The Morgan fingerprint density at radius 1 is 1.44 bits per heavy atom. The van der Waals surface area contributed by atoms with E-state index in [0.29, 0.717) is 13.2 Å². The molecule has 90 valence electrons. The summed E-state index contributed by atoms with van der Waals surface area (Å²) in [7, 11) is 1.69. The van der Waals surface area contributed by atoms with Crippen molar-refractivity contribution in [2.45, 2.75) is 32.5 Å². The number of ether oxygens (including phenoxy) is 1. The van der Waals surface area contributed by atoms with Crippen LogP contribution in [0.1, 0.15) is 28.4 Å². The third-order valence-corrected chi connectivity index (χ3v) is 3.95. The lowest BCUT2D eigenvalue weighted by atomic mass is 10.4. The molecule has 5 heteroatoms. The van der Waals surface area contributed by atoms with Gasteiger partial charge in [0, 0.05) is 18.5 Å². The molecule has 0 aliphatic carbocycles. The molecule has 1 aliphatic heterocycles. The minimum absolute atomic E-state index is 0.566. The van der Waals surface area contributed by atoms with Crippen molar-refractivity contribution in [1.82, 2.24) is 9.88 Å². The Morgan fingerprint density at radius 2 is 2.19 bits per heavy atom. The molecule has 0 radical (unpaired) electrons. The molecule has 0 aromatic carbocycles. The predicted octanol–water partition coefficient (Wildman–Crippen LogP) is 1.34. The van der Waals surface area contributed by atoms with Gasteiger partial charge in [0.15, 0.2) is 0 Å². The van der Waals surface area contributed by atoms with E-state index in [-0.39, 0.29) is 0 Å². The number of hydrogen-bond acceptors (Lipinski definition) is 5. The molecule has 2 heterocycles. The molecule has 1 aliphatic rings. The monoisotopic (exact) mass is 241 g/mol. The number of rotatable bonds is 5. The van der Waals surface area contributed by atoms with Crippen LogP contribution in [0, 0.1) is 0 Å². The van der Waals surface area contributed by atoms with Crippen LogP contribution in [0.3, 0.4) is 0 Å². The summed E-state index contributed by atoms with van der Waals surface area (Å²) in [6.07, 6.45) is 2.64. The van der Waals surface area contributed by atoms with Gasteiger partial charge in [-0.3, -0.25) is 4.90 Å². The van der Waals surface area contributed by atoms with E-state index in [9.17, 15) is 0 Å². The zero-order valence-corrected chi connectivity index (χ0v) is 10.6. The number of hydrogen-bond donors (Lipinski definition) is 1. The molecule has 4 nitrogen and oxygen atoms in total. The number of nitrogens with two attached hydrogens (primary N) is 1. The number of methoxy groups -OCH3 is 1. The van der Waals surface area contributed by atoms with Gasteiger partial charge >= 0.3 is 0 Å². The predicted molar refractivity (Wildman–Crippen MR) is 65.2 cm³/mol. The molecule has 2 N–H and O–H groups in total. The summed E-state index contributed by atoms with van der Waals surface area (Å²) in [5.74, 6) is 0. The van der Waals surface area contributed by atoms with Crippen LogP contribution >= 0.6 is 11.3 Å². The molecule has 0 unspecified atom stereocenters. The first-order valence-corrected chi connectivity index (χ1v) is 6.54. The van der Waals surface area contributed by atoms with E-state index in [4.69, 9.17) is 10.5 Å². The number of likely N-dealkylation sites (tertiary alicyclic amines) is 1. The summed E-state index contributed by atoms with van der Waals surface area (Å²) in [6.45, 7) is 4.52. The van der Waals surface area contributed by atoms with Crippen molar-refractivity contribution < 1.29 is 4.74 Å². The van der Waals surface area contributed by atoms with Crippen molar-refractivity contribution >= 4 is 11.3 Å². The van der Waals surface area contributed by atoms with Crippen molar-refractivity contribution in [1.29, 1.82) is 0 Å². The molecule has 1 saturated heterocycles. The van der Waals surface area contributed by atoms with Crippen molar-refractivity contribution in [3.8, 4) is 0 Å². The maximum absolute atomic E-state index is 5.70. The van der Waals surface area contributed by atoms with Crippen LogP contribution in [0.25, 0.3) is 0 Å². The largest absolute Gasteiger partial charge is 0.378 e. The summed E-state index contributed by atoms with van der Waals surface area (Å²) >= 11 is 1.73. The van der Waals surface area contributed by atoms with Gasteiger partial charge in [-0.15, -0.1) is 11.3 Å². The number of aromatic nitrogens is 1. The molecule has 0 spiro atoms. The highest BCUT2D eigenvalue weighted by molar-refractivity contribution is 7.11. The first kappa shape index (κ1) is 12.0. The Hall–Kier alpha value is -0.490. The van der Waals surface area contributed by atoms with Crippen LogP contribution in [0.5, 0.6) is 0 Å². The van der Waals surface area contributed by atoms with Crippen molar-refractivity contribution in [2.75, 3.05) is 20.2 Å². The van der Waals surface area contributed by atoms with Gasteiger partial charge in [0.25, 0.3) is 0 Å². The minimum Gasteiger partial charge on any atom is -0.378 e. The van der Waals surface area contributed by atoms with Gasteiger partial charge in [-0.25, -0.2) is 4.98 Å². The lowest BCUT2D eigenvalue weighted by Crippen LogP contribution is -2.18.